The van der Waals surface area contributed by atoms with E-state index in [1.54, 1.807) is 14.2 Å². The van der Waals surface area contributed by atoms with Crippen LogP contribution in [-0.2, 0) is 4.74 Å². The van der Waals surface area contributed by atoms with Crippen LogP contribution < -0.4 is 9.47 Å². The number of ether oxygens (including phenoxy) is 3. The molecule has 84 valence electrons. The van der Waals surface area contributed by atoms with Crippen LogP contribution in [0.15, 0.2) is 18.2 Å². The predicted octanol–water partition coefficient (Wildman–Crippen LogP) is 2.42. The fourth-order valence-corrected chi connectivity index (χ4v) is 1.36. The lowest BCUT2D eigenvalue weighted by Gasteiger charge is -2.16. The molecule has 3 heteroatoms. The molecular weight excluding hydrogens is 192 g/mol. The van der Waals surface area contributed by atoms with Gasteiger partial charge in [-0.25, -0.2) is 0 Å². The zero-order chi connectivity index (χ0) is 11.3. The molecule has 0 bridgehead atoms. The fraction of sp³-hybridized carbons (Fsp3) is 0.500. The lowest BCUT2D eigenvalue weighted by atomic mass is 10.2. The molecule has 0 saturated carbocycles. The molecule has 1 aromatic carbocycles. The van der Waals surface area contributed by atoms with Crippen molar-refractivity contribution in [3.63, 3.8) is 0 Å². The Kier molecular flexibility index (Phi) is 4.43. The Morgan fingerprint density at radius 3 is 2.53 bits per heavy atom. The van der Waals surface area contributed by atoms with Crippen LogP contribution in [0.3, 0.4) is 0 Å². The van der Waals surface area contributed by atoms with Crippen LogP contribution in [0.25, 0.3) is 0 Å². The molecule has 0 radical (unpaired) electrons. The molecule has 1 unspecified atom stereocenters. The van der Waals surface area contributed by atoms with E-state index in [1.807, 2.05) is 32.0 Å². The zero-order valence-electron chi connectivity index (χ0n) is 9.74. The Bertz CT molecular complexity index is 310. The minimum absolute atomic E-state index is 0.0200. The van der Waals surface area contributed by atoms with Crippen LogP contribution in [0.5, 0.6) is 11.5 Å². The van der Waals surface area contributed by atoms with Gasteiger partial charge in [0.05, 0.1) is 13.7 Å². The largest absolute Gasteiger partial charge is 0.493 e. The molecule has 0 aliphatic carbocycles. The van der Waals surface area contributed by atoms with E-state index in [0.717, 1.165) is 17.1 Å². The molecule has 0 fully saturated rings. The average Bonchev–Trinajstić information content (AvgIpc) is 2.21. The summed E-state index contributed by atoms with van der Waals surface area (Å²) < 4.78 is 15.9. The second-order valence-corrected chi connectivity index (χ2v) is 3.54. The summed E-state index contributed by atoms with van der Waals surface area (Å²) >= 11 is 0. The molecule has 1 aromatic rings. The molecule has 0 spiro atoms. The summed E-state index contributed by atoms with van der Waals surface area (Å²) in [7, 11) is 3.30. The van der Waals surface area contributed by atoms with Crippen molar-refractivity contribution < 1.29 is 14.2 Å². The molecule has 0 aliphatic rings. The molecule has 0 amide bonds. The second kappa shape index (κ2) is 5.61. The zero-order valence-corrected chi connectivity index (χ0v) is 9.74. The number of hydrogen-bond donors (Lipinski definition) is 0. The van der Waals surface area contributed by atoms with E-state index in [0.29, 0.717) is 6.61 Å². The first-order valence-electron chi connectivity index (χ1n) is 4.97. The van der Waals surface area contributed by atoms with Gasteiger partial charge in [0.1, 0.15) is 6.10 Å². The quantitative estimate of drug-likeness (QED) is 0.747. The van der Waals surface area contributed by atoms with Crippen LogP contribution in [0.2, 0.25) is 0 Å². The third-order valence-electron chi connectivity index (χ3n) is 2.05. The summed E-state index contributed by atoms with van der Waals surface area (Å²) in [5.74, 6) is 1.52. The number of rotatable bonds is 5. The van der Waals surface area contributed by atoms with Gasteiger partial charge in [0.2, 0.25) is 0 Å². The summed E-state index contributed by atoms with van der Waals surface area (Å²) in [6.07, 6.45) is 0.0200. The first-order valence-corrected chi connectivity index (χ1v) is 4.97. The van der Waals surface area contributed by atoms with E-state index in [2.05, 4.69) is 0 Å². The molecule has 0 aliphatic heterocycles. The van der Waals surface area contributed by atoms with Crippen molar-refractivity contribution in [1.82, 2.24) is 0 Å². The van der Waals surface area contributed by atoms with Gasteiger partial charge in [-0.1, -0.05) is 6.07 Å². The topological polar surface area (TPSA) is 27.7 Å². The van der Waals surface area contributed by atoms with Crippen molar-refractivity contribution in [2.24, 2.45) is 0 Å². The maximum absolute atomic E-state index is 5.68. The van der Waals surface area contributed by atoms with Crippen LogP contribution in [0.1, 0.15) is 12.5 Å². The smallest absolute Gasteiger partial charge is 0.161 e. The standard InChI is InChI=1S/C12H18O3/c1-9-5-6-11(12(7-9)14-4)15-10(2)8-13-3/h5-7,10H,8H2,1-4H3. The number of hydrogen-bond acceptors (Lipinski definition) is 3. The third-order valence-corrected chi connectivity index (χ3v) is 2.05. The van der Waals surface area contributed by atoms with Gasteiger partial charge in [-0.05, 0) is 31.5 Å². The van der Waals surface area contributed by atoms with Gasteiger partial charge in [0, 0.05) is 7.11 Å². The van der Waals surface area contributed by atoms with Crippen LogP contribution >= 0.6 is 0 Å². The third kappa shape index (κ3) is 3.44. The predicted molar refractivity (Wildman–Crippen MR) is 59.7 cm³/mol. The first-order chi connectivity index (χ1) is 7.17. The molecular formula is C12H18O3. The summed E-state index contributed by atoms with van der Waals surface area (Å²) in [6, 6.07) is 5.87. The minimum atomic E-state index is 0.0200. The summed E-state index contributed by atoms with van der Waals surface area (Å²) in [6.45, 7) is 4.55. The SMILES string of the molecule is COCC(C)Oc1ccc(C)cc1OC. The second-order valence-electron chi connectivity index (χ2n) is 3.54. The Labute approximate surface area is 91.0 Å². The van der Waals surface area contributed by atoms with Gasteiger partial charge >= 0.3 is 0 Å². The Hall–Kier alpha value is -1.22. The van der Waals surface area contributed by atoms with Crippen molar-refractivity contribution in [3.05, 3.63) is 23.8 Å². The van der Waals surface area contributed by atoms with E-state index in [-0.39, 0.29) is 6.10 Å². The van der Waals surface area contributed by atoms with Crippen LogP contribution in [-0.4, -0.2) is 26.9 Å². The van der Waals surface area contributed by atoms with Gasteiger partial charge in [-0.2, -0.15) is 0 Å². The monoisotopic (exact) mass is 210 g/mol. The van der Waals surface area contributed by atoms with Crippen molar-refractivity contribution in [2.75, 3.05) is 20.8 Å². The molecule has 1 atom stereocenters. The number of methoxy groups -OCH3 is 2. The lowest BCUT2D eigenvalue weighted by Crippen LogP contribution is -2.18. The van der Waals surface area contributed by atoms with Crippen molar-refractivity contribution in [2.45, 2.75) is 20.0 Å². The highest BCUT2D eigenvalue weighted by molar-refractivity contribution is 5.42. The van der Waals surface area contributed by atoms with Crippen molar-refractivity contribution >= 4 is 0 Å². The van der Waals surface area contributed by atoms with E-state index in [1.165, 1.54) is 0 Å². The molecule has 0 N–H and O–H groups in total. The van der Waals surface area contributed by atoms with Gasteiger partial charge in [-0.15, -0.1) is 0 Å². The van der Waals surface area contributed by atoms with Gasteiger partial charge in [0.25, 0.3) is 0 Å². The van der Waals surface area contributed by atoms with E-state index in [9.17, 15) is 0 Å². The van der Waals surface area contributed by atoms with Gasteiger partial charge in [-0.3, -0.25) is 0 Å². The maximum atomic E-state index is 5.68. The van der Waals surface area contributed by atoms with E-state index in [4.69, 9.17) is 14.2 Å². The molecule has 3 nitrogen and oxygen atoms in total. The maximum Gasteiger partial charge on any atom is 0.161 e. The summed E-state index contributed by atoms with van der Waals surface area (Å²) in [4.78, 5) is 0. The Morgan fingerprint density at radius 2 is 1.93 bits per heavy atom. The van der Waals surface area contributed by atoms with Gasteiger partial charge < -0.3 is 14.2 Å². The molecule has 0 saturated heterocycles. The molecule has 0 aromatic heterocycles. The highest BCUT2D eigenvalue weighted by Crippen LogP contribution is 2.28. The van der Waals surface area contributed by atoms with Crippen LogP contribution in [0, 0.1) is 6.92 Å². The Morgan fingerprint density at radius 1 is 1.20 bits per heavy atom. The normalized spacial score (nSPS) is 12.3. The first kappa shape index (κ1) is 11.9. The van der Waals surface area contributed by atoms with E-state index >= 15 is 0 Å². The fourth-order valence-electron chi connectivity index (χ4n) is 1.36. The minimum Gasteiger partial charge on any atom is -0.493 e. The number of benzene rings is 1. The van der Waals surface area contributed by atoms with Gasteiger partial charge in [0.15, 0.2) is 11.5 Å². The summed E-state index contributed by atoms with van der Waals surface area (Å²) in [5.41, 5.74) is 1.15. The summed E-state index contributed by atoms with van der Waals surface area (Å²) in [5, 5.41) is 0. The molecule has 0 heterocycles. The van der Waals surface area contributed by atoms with Crippen molar-refractivity contribution in [1.29, 1.82) is 0 Å². The average molecular weight is 210 g/mol. The van der Waals surface area contributed by atoms with Crippen LogP contribution in [0.4, 0.5) is 0 Å². The molecule has 15 heavy (non-hydrogen) atoms. The van der Waals surface area contributed by atoms with E-state index < -0.39 is 0 Å². The lowest BCUT2D eigenvalue weighted by molar-refractivity contribution is 0.0900. The molecule has 1 rings (SSSR count). The number of aryl methyl sites for hydroxylation is 1. The highest BCUT2D eigenvalue weighted by atomic mass is 16.5. The highest BCUT2D eigenvalue weighted by Gasteiger charge is 2.08. The Balaban J connectivity index is 2.75. The van der Waals surface area contributed by atoms with Crippen molar-refractivity contribution in [3.8, 4) is 11.5 Å².